The molecule has 2 aromatic rings. The molecule has 0 saturated carbocycles. The van der Waals surface area contributed by atoms with Gasteiger partial charge in [-0.15, -0.1) is 0 Å². The molecule has 0 spiro atoms. The van der Waals surface area contributed by atoms with Gasteiger partial charge in [-0.25, -0.2) is 0 Å². The van der Waals surface area contributed by atoms with E-state index >= 15 is 0 Å². The summed E-state index contributed by atoms with van der Waals surface area (Å²) in [6, 6.07) is 6.88. The summed E-state index contributed by atoms with van der Waals surface area (Å²) in [6.45, 7) is -1.27. The average Bonchev–Trinajstić information content (AvgIpc) is 2.66. The third-order valence-electron chi connectivity index (χ3n) is 2.08. The number of hydrogen-bond acceptors (Lipinski definition) is 3. The lowest BCUT2D eigenvalue weighted by atomic mass is 10.2. The van der Waals surface area contributed by atoms with Crippen molar-refractivity contribution in [2.24, 2.45) is 0 Å². The molecule has 0 unspecified atom stereocenters. The summed E-state index contributed by atoms with van der Waals surface area (Å²) in [5, 5.41) is 1.07. The van der Waals surface area contributed by atoms with Crippen molar-refractivity contribution in [3.8, 4) is 10.8 Å². The molecule has 0 fully saturated rings. The summed E-state index contributed by atoms with van der Waals surface area (Å²) >= 11 is 1.18. The van der Waals surface area contributed by atoms with Crippen molar-refractivity contribution in [2.75, 3.05) is 13.7 Å². The van der Waals surface area contributed by atoms with Crippen molar-refractivity contribution in [1.29, 1.82) is 0 Å². The van der Waals surface area contributed by atoms with Crippen LogP contribution in [-0.2, 0) is 0 Å². The molecule has 0 aliphatic heterocycles. The molecule has 2 nitrogen and oxygen atoms in total. The van der Waals surface area contributed by atoms with Crippen molar-refractivity contribution >= 4 is 21.4 Å². The number of hydrogen-bond donors (Lipinski definition) is 0. The van der Waals surface area contributed by atoms with Crippen LogP contribution in [0.4, 0.5) is 13.2 Å². The van der Waals surface area contributed by atoms with E-state index in [1.807, 2.05) is 0 Å². The Balaban J connectivity index is 2.20. The van der Waals surface area contributed by atoms with E-state index in [0.717, 1.165) is 10.1 Å². The van der Waals surface area contributed by atoms with Crippen LogP contribution in [0.3, 0.4) is 0 Å². The van der Waals surface area contributed by atoms with Crippen LogP contribution >= 0.6 is 11.3 Å². The minimum Gasteiger partial charge on any atom is -0.497 e. The highest BCUT2D eigenvalue weighted by Crippen LogP contribution is 2.34. The lowest BCUT2D eigenvalue weighted by Gasteiger charge is -2.05. The normalized spacial score (nSPS) is 11.8. The van der Waals surface area contributed by atoms with Crippen LogP contribution in [-0.4, -0.2) is 19.9 Å². The fourth-order valence-electron chi connectivity index (χ4n) is 1.35. The first-order valence-electron chi connectivity index (χ1n) is 4.75. The smallest absolute Gasteiger partial charge is 0.422 e. The summed E-state index contributed by atoms with van der Waals surface area (Å²) in [7, 11) is 1.54. The van der Waals surface area contributed by atoms with Gasteiger partial charge in [-0.2, -0.15) is 13.2 Å². The maximum atomic E-state index is 12.0. The van der Waals surface area contributed by atoms with E-state index in [2.05, 4.69) is 4.74 Å². The SMILES string of the molecule is COc1ccc2sc(OCC(F)(F)F)cc2c1. The number of fused-ring (bicyclic) bond motifs is 1. The second-order valence-corrected chi connectivity index (χ2v) is 4.42. The number of benzene rings is 1. The van der Waals surface area contributed by atoms with Crippen LogP contribution in [0.2, 0.25) is 0 Å². The van der Waals surface area contributed by atoms with Crippen LogP contribution in [0.1, 0.15) is 0 Å². The summed E-state index contributed by atoms with van der Waals surface area (Å²) < 4.78 is 46.5. The first-order valence-corrected chi connectivity index (χ1v) is 5.57. The molecule has 0 aliphatic rings. The summed E-state index contributed by atoms with van der Waals surface area (Å²) in [5.74, 6) is 0.665. The number of thiophene rings is 1. The van der Waals surface area contributed by atoms with Gasteiger partial charge in [-0.1, -0.05) is 11.3 Å². The molecule has 0 N–H and O–H groups in total. The highest BCUT2D eigenvalue weighted by atomic mass is 32.1. The van der Waals surface area contributed by atoms with Gasteiger partial charge in [-0.05, 0) is 29.7 Å². The molecule has 0 aliphatic carbocycles. The maximum Gasteiger partial charge on any atom is 0.422 e. The van der Waals surface area contributed by atoms with Crippen molar-refractivity contribution in [3.05, 3.63) is 24.3 Å². The van der Waals surface area contributed by atoms with Gasteiger partial charge in [0.15, 0.2) is 11.7 Å². The lowest BCUT2D eigenvalue weighted by Crippen LogP contribution is -2.18. The highest BCUT2D eigenvalue weighted by Gasteiger charge is 2.28. The zero-order valence-corrected chi connectivity index (χ0v) is 9.69. The number of halogens is 3. The van der Waals surface area contributed by atoms with E-state index in [1.54, 1.807) is 24.3 Å². The third-order valence-corrected chi connectivity index (χ3v) is 3.11. The highest BCUT2D eigenvalue weighted by molar-refractivity contribution is 7.20. The van der Waals surface area contributed by atoms with Gasteiger partial charge in [0.05, 0.1) is 7.11 Å². The fraction of sp³-hybridized carbons (Fsp3) is 0.273. The van der Waals surface area contributed by atoms with E-state index in [4.69, 9.17) is 4.74 Å². The van der Waals surface area contributed by atoms with Gasteiger partial charge in [0, 0.05) is 4.70 Å². The largest absolute Gasteiger partial charge is 0.497 e. The predicted molar refractivity (Wildman–Crippen MR) is 59.9 cm³/mol. The Bertz CT molecular complexity index is 519. The first kappa shape index (κ1) is 12.0. The van der Waals surface area contributed by atoms with Gasteiger partial charge < -0.3 is 9.47 Å². The quantitative estimate of drug-likeness (QED) is 0.836. The van der Waals surface area contributed by atoms with Crippen molar-refractivity contribution in [2.45, 2.75) is 6.18 Å². The van der Waals surface area contributed by atoms with Gasteiger partial charge in [0.1, 0.15) is 5.75 Å². The van der Waals surface area contributed by atoms with Crippen LogP contribution in [0.15, 0.2) is 24.3 Å². The Labute approximate surface area is 99.6 Å². The third kappa shape index (κ3) is 3.03. The molecule has 17 heavy (non-hydrogen) atoms. The monoisotopic (exact) mass is 262 g/mol. The van der Waals surface area contributed by atoms with Crippen LogP contribution in [0.25, 0.3) is 10.1 Å². The molecule has 6 heteroatoms. The average molecular weight is 262 g/mol. The molecule has 1 aromatic heterocycles. The minimum atomic E-state index is -4.31. The maximum absolute atomic E-state index is 12.0. The zero-order chi connectivity index (χ0) is 12.5. The summed E-state index contributed by atoms with van der Waals surface area (Å²) in [6.07, 6.45) is -4.31. The Morgan fingerprint density at radius 2 is 2.00 bits per heavy atom. The molecule has 1 heterocycles. The van der Waals surface area contributed by atoms with E-state index < -0.39 is 12.8 Å². The Kier molecular flexibility index (Phi) is 3.15. The number of ether oxygens (including phenoxy) is 2. The predicted octanol–water partition coefficient (Wildman–Crippen LogP) is 3.85. The zero-order valence-electron chi connectivity index (χ0n) is 8.88. The lowest BCUT2D eigenvalue weighted by molar-refractivity contribution is -0.152. The van der Waals surface area contributed by atoms with Gasteiger partial charge >= 0.3 is 6.18 Å². The molecule has 0 atom stereocenters. The number of methoxy groups -OCH3 is 1. The molecular weight excluding hydrogens is 253 g/mol. The molecular formula is C11H9F3O2S. The molecule has 0 bridgehead atoms. The topological polar surface area (TPSA) is 18.5 Å². The summed E-state index contributed by atoms with van der Waals surface area (Å²) in [5.41, 5.74) is 0. The second-order valence-electron chi connectivity index (χ2n) is 3.37. The minimum absolute atomic E-state index is 0.255. The van der Waals surface area contributed by atoms with Crippen LogP contribution in [0, 0.1) is 0 Å². The number of rotatable bonds is 3. The number of alkyl halides is 3. The Hall–Kier alpha value is -1.43. The van der Waals surface area contributed by atoms with Crippen molar-refractivity contribution in [3.63, 3.8) is 0 Å². The fourth-order valence-corrected chi connectivity index (χ4v) is 2.24. The van der Waals surface area contributed by atoms with Gasteiger partial charge in [-0.3, -0.25) is 0 Å². The van der Waals surface area contributed by atoms with Gasteiger partial charge in [0.2, 0.25) is 0 Å². The van der Waals surface area contributed by atoms with Gasteiger partial charge in [0.25, 0.3) is 0 Å². The van der Waals surface area contributed by atoms with E-state index in [0.29, 0.717) is 5.75 Å². The van der Waals surface area contributed by atoms with Crippen molar-refractivity contribution < 1.29 is 22.6 Å². The second kappa shape index (κ2) is 4.44. The molecule has 1 aromatic carbocycles. The molecule has 0 saturated heterocycles. The van der Waals surface area contributed by atoms with Crippen LogP contribution in [0.5, 0.6) is 10.8 Å². The Morgan fingerprint density at radius 1 is 1.24 bits per heavy atom. The standard InChI is InChI=1S/C11H9F3O2S/c1-15-8-2-3-9-7(4-8)5-10(17-9)16-6-11(12,13)14/h2-5H,6H2,1H3. The molecule has 0 radical (unpaired) electrons. The van der Waals surface area contributed by atoms with E-state index in [1.165, 1.54) is 18.4 Å². The van der Waals surface area contributed by atoms with E-state index in [-0.39, 0.29) is 5.06 Å². The first-order chi connectivity index (χ1) is 7.98. The van der Waals surface area contributed by atoms with Crippen LogP contribution < -0.4 is 9.47 Å². The summed E-state index contributed by atoms with van der Waals surface area (Å²) in [4.78, 5) is 0. The molecule has 2 rings (SSSR count). The molecule has 0 amide bonds. The Morgan fingerprint density at radius 3 is 2.65 bits per heavy atom. The van der Waals surface area contributed by atoms with E-state index in [9.17, 15) is 13.2 Å². The molecule has 92 valence electrons. The van der Waals surface area contributed by atoms with Crippen molar-refractivity contribution in [1.82, 2.24) is 0 Å².